The Bertz CT molecular complexity index is 318. The van der Waals surface area contributed by atoms with Gasteiger partial charge in [-0.3, -0.25) is 4.68 Å². The van der Waals surface area contributed by atoms with Crippen molar-refractivity contribution in [3.05, 3.63) is 12.2 Å². The predicted octanol–water partition coefficient (Wildman–Crippen LogP) is 1.58. The number of aryl methyl sites for hydroxylation is 1. The Balaban J connectivity index is 1.73. The van der Waals surface area contributed by atoms with Crippen LogP contribution in [-0.2, 0) is 13.6 Å². The summed E-state index contributed by atoms with van der Waals surface area (Å²) in [6, 6.07) is 0.667. The lowest BCUT2D eigenvalue weighted by Crippen LogP contribution is -2.34. The highest BCUT2D eigenvalue weighted by molar-refractivity contribution is 7.99. The second-order valence-electron chi connectivity index (χ2n) is 4.39. The molecule has 0 bridgehead atoms. The third-order valence-electron chi connectivity index (χ3n) is 3.36. The van der Waals surface area contributed by atoms with Crippen molar-refractivity contribution in [2.75, 3.05) is 6.26 Å². The molecule has 0 atom stereocenters. The lowest BCUT2D eigenvalue weighted by Gasteiger charge is -2.27. The third kappa shape index (κ3) is 2.98. The second-order valence-corrected chi connectivity index (χ2v) is 5.53. The Labute approximate surface area is 101 Å². The molecule has 0 aliphatic heterocycles. The summed E-state index contributed by atoms with van der Waals surface area (Å²) in [6.07, 6.45) is 9.11. The van der Waals surface area contributed by atoms with E-state index in [9.17, 15) is 0 Å². The number of rotatable bonds is 4. The minimum Gasteiger partial charge on any atom is -0.307 e. The van der Waals surface area contributed by atoms with Crippen molar-refractivity contribution in [2.24, 2.45) is 7.05 Å². The Morgan fingerprint density at radius 1 is 1.44 bits per heavy atom. The van der Waals surface area contributed by atoms with Gasteiger partial charge in [-0.2, -0.15) is 16.9 Å². The molecular formula is C11H20N4S. The van der Waals surface area contributed by atoms with Gasteiger partial charge in [-0.05, 0) is 31.9 Å². The van der Waals surface area contributed by atoms with E-state index < -0.39 is 0 Å². The maximum Gasteiger partial charge on any atom is 0.140 e. The van der Waals surface area contributed by atoms with Gasteiger partial charge >= 0.3 is 0 Å². The zero-order valence-electron chi connectivity index (χ0n) is 10.0. The Kier molecular flexibility index (Phi) is 4.23. The van der Waals surface area contributed by atoms with Gasteiger partial charge in [0, 0.05) is 18.3 Å². The molecule has 0 spiro atoms. The first-order valence-corrected chi connectivity index (χ1v) is 7.17. The van der Waals surface area contributed by atoms with Crippen LogP contribution < -0.4 is 5.32 Å². The number of hydrogen-bond donors (Lipinski definition) is 1. The van der Waals surface area contributed by atoms with Gasteiger partial charge in [0.1, 0.15) is 12.2 Å². The summed E-state index contributed by atoms with van der Waals surface area (Å²) >= 11 is 2.01. The van der Waals surface area contributed by atoms with E-state index in [-0.39, 0.29) is 0 Å². The number of nitrogens with one attached hydrogen (secondary N) is 1. The second kappa shape index (κ2) is 5.68. The highest BCUT2D eigenvalue weighted by Gasteiger charge is 2.20. The molecule has 1 aromatic heterocycles. The first-order chi connectivity index (χ1) is 7.79. The highest BCUT2D eigenvalue weighted by atomic mass is 32.2. The minimum absolute atomic E-state index is 0.667. The number of nitrogens with zero attached hydrogens (tertiary/aromatic N) is 3. The van der Waals surface area contributed by atoms with Gasteiger partial charge < -0.3 is 5.32 Å². The molecule has 16 heavy (non-hydrogen) atoms. The Hall–Kier alpha value is -0.550. The zero-order valence-corrected chi connectivity index (χ0v) is 10.8. The molecule has 1 heterocycles. The molecule has 2 rings (SSSR count). The van der Waals surface area contributed by atoms with E-state index in [0.29, 0.717) is 6.04 Å². The average Bonchev–Trinajstić information content (AvgIpc) is 2.73. The first-order valence-electron chi connectivity index (χ1n) is 5.88. The fourth-order valence-electron chi connectivity index (χ4n) is 2.22. The minimum atomic E-state index is 0.667. The lowest BCUT2D eigenvalue weighted by molar-refractivity contribution is 0.373. The molecule has 90 valence electrons. The molecule has 5 heteroatoms. The van der Waals surface area contributed by atoms with E-state index >= 15 is 0 Å². The molecule has 0 saturated heterocycles. The molecule has 1 aliphatic carbocycles. The van der Waals surface area contributed by atoms with Gasteiger partial charge in [-0.25, -0.2) is 4.98 Å². The topological polar surface area (TPSA) is 42.7 Å². The van der Waals surface area contributed by atoms with Crippen LogP contribution >= 0.6 is 11.8 Å². The highest BCUT2D eigenvalue weighted by Crippen LogP contribution is 2.26. The van der Waals surface area contributed by atoms with Crippen LogP contribution in [0, 0.1) is 0 Å². The molecule has 1 aromatic rings. The van der Waals surface area contributed by atoms with E-state index in [1.165, 1.54) is 25.7 Å². The van der Waals surface area contributed by atoms with Crippen LogP contribution in [0.1, 0.15) is 31.5 Å². The summed E-state index contributed by atoms with van der Waals surface area (Å²) in [7, 11) is 1.94. The van der Waals surface area contributed by atoms with Crippen molar-refractivity contribution in [3.8, 4) is 0 Å². The van der Waals surface area contributed by atoms with Gasteiger partial charge in [-0.15, -0.1) is 0 Å². The third-order valence-corrected chi connectivity index (χ3v) is 4.50. The van der Waals surface area contributed by atoms with E-state index in [0.717, 1.165) is 17.6 Å². The van der Waals surface area contributed by atoms with Crippen molar-refractivity contribution >= 4 is 11.8 Å². The SMILES string of the molecule is CSC1CCC(NCc2ncnn2C)CC1. The van der Waals surface area contributed by atoms with Gasteiger partial charge in [0.25, 0.3) is 0 Å². The van der Waals surface area contributed by atoms with Crippen LogP contribution in [0.25, 0.3) is 0 Å². The molecular weight excluding hydrogens is 220 g/mol. The van der Waals surface area contributed by atoms with Crippen molar-refractivity contribution < 1.29 is 0 Å². The van der Waals surface area contributed by atoms with Crippen LogP contribution in [0.4, 0.5) is 0 Å². The van der Waals surface area contributed by atoms with Gasteiger partial charge in [0.15, 0.2) is 0 Å². The summed E-state index contributed by atoms with van der Waals surface area (Å²) < 4.78 is 1.83. The van der Waals surface area contributed by atoms with Crippen LogP contribution in [0.2, 0.25) is 0 Å². The smallest absolute Gasteiger partial charge is 0.140 e. The Morgan fingerprint density at radius 2 is 2.19 bits per heavy atom. The maximum atomic E-state index is 4.22. The fraction of sp³-hybridized carbons (Fsp3) is 0.818. The van der Waals surface area contributed by atoms with Crippen LogP contribution in [-0.4, -0.2) is 32.3 Å². The van der Waals surface area contributed by atoms with E-state index in [4.69, 9.17) is 0 Å². The van der Waals surface area contributed by atoms with Gasteiger partial charge in [0.05, 0.1) is 6.54 Å². The predicted molar refractivity (Wildman–Crippen MR) is 67.4 cm³/mol. The fourth-order valence-corrected chi connectivity index (χ4v) is 2.96. The molecule has 0 unspecified atom stereocenters. The summed E-state index contributed by atoms with van der Waals surface area (Å²) in [5.74, 6) is 1.02. The number of hydrogen-bond acceptors (Lipinski definition) is 4. The molecule has 0 aromatic carbocycles. The average molecular weight is 240 g/mol. The summed E-state index contributed by atoms with van der Waals surface area (Å²) in [6.45, 7) is 0.838. The normalized spacial score (nSPS) is 25.9. The quantitative estimate of drug-likeness (QED) is 0.867. The van der Waals surface area contributed by atoms with Crippen molar-refractivity contribution in [1.29, 1.82) is 0 Å². The number of thioether (sulfide) groups is 1. The molecule has 1 fully saturated rings. The molecule has 0 amide bonds. The maximum absolute atomic E-state index is 4.22. The lowest BCUT2D eigenvalue weighted by atomic mass is 9.95. The first kappa shape index (κ1) is 11.9. The summed E-state index contributed by atoms with van der Waals surface area (Å²) in [5, 5.41) is 8.53. The molecule has 0 radical (unpaired) electrons. The summed E-state index contributed by atoms with van der Waals surface area (Å²) in [4.78, 5) is 4.22. The van der Waals surface area contributed by atoms with E-state index in [1.807, 2.05) is 23.5 Å². The van der Waals surface area contributed by atoms with Crippen LogP contribution in [0.15, 0.2) is 6.33 Å². The van der Waals surface area contributed by atoms with E-state index in [1.54, 1.807) is 6.33 Å². The largest absolute Gasteiger partial charge is 0.307 e. The Morgan fingerprint density at radius 3 is 2.75 bits per heavy atom. The van der Waals surface area contributed by atoms with Crippen molar-refractivity contribution in [1.82, 2.24) is 20.1 Å². The van der Waals surface area contributed by atoms with Crippen LogP contribution in [0.5, 0.6) is 0 Å². The van der Waals surface area contributed by atoms with Crippen molar-refractivity contribution in [2.45, 2.75) is 43.5 Å². The standard InChI is InChI=1S/C11H20N4S/c1-15-11(13-8-14-15)7-12-9-3-5-10(16-2)6-4-9/h8-10,12H,3-7H2,1-2H3. The monoisotopic (exact) mass is 240 g/mol. The molecule has 1 saturated carbocycles. The molecule has 4 nitrogen and oxygen atoms in total. The van der Waals surface area contributed by atoms with E-state index in [2.05, 4.69) is 21.7 Å². The van der Waals surface area contributed by atoms with Crippen LogP contribution in [0.3, 0.4) is 0 Å². The zero-order chi connectivity index (χ0) is 11.4. The summed E-state index contributed by atoms with van der Waals surface area (Å²) in [5.41, 5.74) is 0. The van der Waals surface area contributed by atoms with Gasteiger partial charge in [0.2, 0.25) is 0 Å². The van der Waals surface area contributed by atoms with Gasteiger partial charge in [-0.1, -0.05) is 0 Å². The van der Waals surface area contributed by atoms with Crippen molar-refractivity contribution in [3.63, 3.8) is 0 Å². The number of aromatic nitrogens is 3. The molecule has 1 N–H and O–H groups in total. The molecule has 1 aliphatic rings.